The topological polar surface area (TPSA) is 19.4 Å². The molecular formula is C120H140N5+5. The van der Waals surface area contributed by atoms with E-state index in [0.717, 1.165) is 95.1 Å². The maximum Gasteiger partial charge on any atom is 0.212 e. The van der Waals surface area contributed by atoms with Crippen LogP contribution in [0.15, 0.2) is 286 Å². The molecule has 0 saturated carbocycles. The number of aryl methyl sites for hydroxylation is 20. The van der Waals surface area contributed by atoms with Crippen LogP contribution in [-0.2, 0) is 54.4 Å². The van der Waals surface area contributed by atoms with Gasteiger partial charge in [0.05, 0.1) is 0 Å². The molecule has 0 fully saturated rings. The highest BCUT2D eigenvalue weighted by Crippen LogP contribution is 2.38. The third-order valence-corrected chi connectivity index (χ3v) is 22.5. The zero-order chi connectivity index (χ0) is 104. The molecule has 0 radical (unpaired) electrons. The lowest BCUT2D eigenvalue weighted by atomic mass is 9.86. The number of aromatic nitrogens is 5. The molecule has 0 atom stereocenters. The molecule has 5 aromatic heterocycles. The zero-order valence-corrected chi connectivity index (χ0v) is 78.9. The summed E-state index contributed by atoms with van der Waals surface area (Å²) in [5, 5.41) is 0. The van der Waals surface area contributed by atoms with Gasteiger partial charge < -0.3 is 0 Å². The Balaban J connectivity index is 0.000000168. The predicted octanol–water partition coefficient (Wildman–Crippen LogP) is 28.6. The molecule has 15 rings (SSSR count). The summed E-state index contributed by atoms with van der Waals surface area (Å²) in [4.78, 5) is 0. The van der Waals surface area contributed by atoms with Gasteiger partial charge in [0.2, 0.25) is 28.5 Å². The average Bonchev–Trinajstić information content (AvgIpc) is 0.742. The van der Waals surface area contributed by atoms with Crippen molar-refractivity contribution in [1.29, 1.82) is 0 Å². The van der Waals surface area contributed by atoms with Gasteiger partial charge in [-0.3, -0.25) is 0 Å². The Hall–Kier alpha value is -12.1. The molecule has 0 aliphatic carbocycles. The summed E-state index contributed by atoms with van der Waals surface area (Å²) in [5.41, 5.74) is 35.4. The minimum absolute atomic E-state index is 0.0519. The Morgan fingerprint density at radius 1 is 0.216 bits per heavy atom. The first-order chi connectivity index (χ1) is 65.0. The minimum Gasteiger partial charge on any atom is -0.201 e. The molecule has 0 unspecified atom stereocenters. The van der Waals surface area contributed by atoms with Gasteiger partial charge in [-0.2, -0.15) is 0 Å². The van der Waals surface area contributed by atoms with Gasteiger partial charge in [-0.1, -0.05) is 266 Å². The van der Waals surface area contributed by atoms with Crippen molar-refractivity contribution in [2.75, 3.05) is 0 Å². The van der Waals surface area contributed by atoms with Gasteiger partial charge in [0.25, 0.3) is 0 Å². The van der Waals surface area contributed by atoms with Gasteiger partial charge in [0.1, 0.15) is 35.2 Å². The van der Waals surface area contributed by atoms with E-state index in [9.17, 15) is 0 Å². The fraction of sp³-hybridized carbons (Fsp3) is 0.292. The summed E-state index contributed by atoms with van der Waals surface area (Å²) in [6.45, 7) is 34.8. The molecule has 5 heterocycles. The van der Waals surface area contributed by atoms with E-state index in [2.05, 4.69) is 260 Å². The van der Waals surface area contributed by atoms with Crippen LogP contribution in [0.1, 0.15) is 183 Å². The van der Waals surface area contributed by atoms with Crippen LogP contribution in [0, 0.1) is 120 Å². The maximum absolute atomic E-state index is 8.83. The van der Waals surface area contributed by atoms with Crippen LogP contribution in [0.2, 0.25) is 0 Å². The number of pyridine rings is 5. The maximum atomic E-state index is 8.83. The summed E-state index contributed by atoms with van der Waals surface area (Å²) < 4.78 is 134. The van der Waals surface area contributed by atoms with Crippen LogP contribution in [0.25, 0.3) is 112 Å². The van der Waals surface area contributed by atoms with Crippen LogP contribution in [0.5, 0.6) is 0 Å². The van der Waals surface area contributed by atoms with E-state index in [1.807, 2.05) is 180 Å². The van der Waals surface area contributed by atoms with Gasteiger partial charge in [-0.15, -0.1) is 0 Å². The molecule has 0 saturated heterocycles. The van der Waals surface area contributed by atoms with E-state index in [1.54, 1.807) is 49.9 Å². The Labute approximate surface area is 773 Å². The minimum atomic E-state index is -2.41. The first-order valence-electron chi connectivity index (χ1n) is 50.9. The molecule has 15 aromatic rings. The SMILES string of the molecule is Cc1ccc(-c2ccc(C)c(-c3cc(C)cc[n+]3C)c2)cc1.[2H]C([2H])([2H])c1c[n+](C)c(-c2cc(-c3ccc(C)cc3)ccc2C)cc1C.[2H]C([2H])([2H])c1c[n+](C)c(-c2cc(-c3ccc(C)cc3)ccc2C)cc1C([2H])([2H])C(C)(C)C.[2H]C([2H])([2H])c1cc(C)c(-c2cc(C([2H])([2H])C(C)(C)C)cc[n+]2C)cc1-c1ccc(C)cc1.[2H]C([2H])(c1cc[n+](C)c(-c2cc(-c3ccc(C)cc3)ccc2C)c1)C(C)(C)C. The highest BCUT2D eigenvalue weighted by atomic mass is 14.9. The fourth-order valence-electron chi connectivity index (χ4n) is 15.3. The first-order valence-corrected chi connectivity index (χ1v) is 43.4. The smallest absolute Gasteiger partial charge is 0.201 e. The fourth-order valence-corrected chi connectivity index (χ4v) is 15.3. The van der Waals surface area contributed by atoms with Crippen LogP contribution in [0.3, 0.4) is 0 Å². The molecule has 640 valence electrons. The van der Waals surface area contributed by atoms with Crippen LogP contribution in [0.4, 0.5) is 0 Å². The van der Waals surface area contributed by atoms with E-state index in [4.69, 9.17) is 20.6 Å². The standard InChI is InChI=1S/2C26H32N.C25H30N.C22H24N.C21H22N/c1-18-8-11-21(12-9-18)22-13-10-19(2)24(14-22)25-15-23(16-26(4,5)6)20(3)17-27(25)7;1-18-8-10-22(11-9-18)23-16-24(20(3)14-19(23)2)25-15-21(12-13-27(25)7)17-26(4,5)6;1-18-7-10-21(11-8-18)22-12-9-19(2)23(16-22)24-15-20(13-14-26(24)6)17-25(3,4)5;1-15-6-9-19(10-7-15)20-11-8-16(2)21(13-20)22-12-17(3)18(4)14-23(22)5;1-15-5-8-18(9-6-15)19-10-7-17(3)20(14-19)21-13-16(2)11-12-22(21)4/h8-15,17H,16H2,1-7H3;8-16H,17H2,1-7H3;7-16H,17H2,1-6H3;6-14H,1-5H3;5-14H,1-4H3/q5*+1/i3D3,16D2;2D3,17D2;17D2;4D3;. The lowest BCUT2D eigenvalue weighted by Gasteiger charge is -2.19. The van der Waals surface area contributed by atoms with Gasteiger partial charge in [-0.25, -0.2) is 22.8 Å². The zero-order valence-electron chi connectivity index (χ0n) is 93.9. The van der Waals surface area contributed by atoms with Gasteiger partial charge >= 0.3 is 0 Å². The molecule has 125 heavy (non-hydrogen) atoms. The quantitative estimate of drug-likeness (QED) is 0.103. The van der Waals surface area contributed by atoms with Crippen molar-refractivity contribution < 1.29 is 43.4 Å². The molecular weight excluding hydrogens is 1510 g/mol. The highest BCUT2D eigenvalue weighted by molar-refractivity contribution is 5.79. The largest absolute Gasteiger partial charge is 0.212 e. The Morgan fingerprint density at radius 3 is 0.840 bits per heavy atom. The summed E-state index contributed by atoms with van der Waals surface area (Å²) in [6.07, 6.45) is 4.49. The van der Waals surface area contributed by atoms with E-state index in [-0.39, 0.29) is 11.1 Å². The Morgan fingerprint density at radius 2 is 0.504 bits per heavy atom. The molecule has 5 nitrogen and oxygen atoms in total. The second-order valence-corrected chi connectivity index (χ2v) is 37.3. The average molecular weight is 1670 g/mol. The third kappa shape index (κ3) is 25.2. The van der Waals surface area contributed by atoms with Gasteiger partial charge in [0, 0.05) is 108 Å². The lowest BCUT2D eigenvalue weighted by Crippen LogP contribution is -2.32. The summed E-state index contributed by atoms with van der Waals surface area (Å²) in [7, 11) is 9.77. The summed E-state index contributed by atoms with van der Waals surface area (Å²) in [5.74, 6) is 0. The van der Waals surface area contributed by atoms with Gasteiger partial charge in [-0.05, 0) is 286 Å². The molecule has 0 bridgehead atoms. The van der Waals surface area contributed by atoms with Crippen molar-refractivity contribution in [3.63, 3.8) is 0 Å². The van der Waals surface area contributed by atoms with E-state index >= 15 is 0 Å². The molecule has 0 N–H and O–H groups in total. The second kappa shape index (κ2) is 40.3. The number of nitrogens with zero attached hydrogens (tertiary/aromatic N) is 5. The van der Waals surface area contributed by atoms with Gasteiger partial charge in [0.15, 0.2) is 31.0 Å². The lowest BCUT2D eigenvalue weighted by molar-refractivity contribution is -0.660. The predicted molar refractivity (Wildman–Crippen MR) is 533 cm³/mol. The van der Waals surface area contributed by atoms with E-state index < -0.39 is 55.9 Å². The normalized spacial score (nSPS) is 13.8. The molecule has 10 aromatic carbocycles. The van der Waals surface area contributed by atoms with Crippen LogP contribution >= 0.6 is 0 Å². The summed E-state index contributed by atoms with van der Waals surface area (Å²) >= 11 is 0. The Kier molecular flexibility index (Phi) is 24.0. The summed E-state index contributed by atoms with van der Waals surface area (Å²) in [6, 6.07) is 87.3. The van der Waals surface area contributed by atoms with E-state index in [0.29, 0.717) is 27.8 Å². The number of rotatable bonds is 13. The number of hydrogen-bond acceptors (Lipinski definition) is 0. The molecule has 0 aliphatic heterocycles. The monoisotopic (exact) mass is 1670 g/mol. The molecule has 0 aliphatic rings. The Bertz CT molecular complexity index is 6980. The third-order valence-electron chi connectivity index (χ3n) is 22.5. The molecule has 0 amide bonds. The van der Waals surface area contributed by atoms with E-state index in [1.165, 1.54) is 78.0 Å². The van der Waals surface area contributed by atoms with Crippen molar-refractivity contribution >= 4 is 0 Å². The second-order valence-electron chi connectivity index (χ2n) is 37.3. The highest BCUT2D eigenvalue weighted by Gasteiger charge is 2.25. The molecule has 0 spiro atoms. The van der Waals surface area contributed by atoms with Crippen molar-refractivity contribution in [3.8, 4) is 112 Å². The van der Waals surface area contributed by atoms with Crippen molar-refractivity contribution in [2.45, 2.75) is 185 Å². The molecule has 5 heteroatoms. The first kappa shape index (κ1) is 74.4. The van der Waals surface area contributed by atoms with Crippen molar-refractivity contribution in [3.05, 3.63) is 386 Å². The van der Waals surface area contributed by atoms with Crippen LogP contribution < -0.4 is 22.8 Å². The van der Waals surface area contributed by atoms with Crippen LogP contribution in [-0.4, -0.2) is 0 Å². The van der Waals surface area contributed by atoms with Crippen molar-refractivity contribution in [2.24, 2.45) is 51.5 Å². The van der Waals surface area contributed by atoms with Crippen molar-refractivity contribution in [1.82, 2.24) is 0 Å². The number of benzene rings is 10. The number of hydrogen-bond donors (Lipinski definition) is 0.